The molecule has 18 heavy (non-hydrogen) atoms. The Morgan fingerprint density at radius 3 is 2.89 bits per heavy atom. The predicted molar refractivity (Wildman–Crippen MR) is 78.8 cm³/mol. The molecule has 0 fully saturated rings. The van der Waals surface area contributed by atoms with Crippen molar-refractivity contribution in [1.29, 1.82) is 0 Å². The molecule has 100 valence electrons. The zero-order valence-electron chi connectivity index (χ0n) is 10.4. The largest absolute Gasteiger partial charge is 0.393 e. The first kappa shape index (κ1) is 15.5. The van der Waals surface area contributed by atoms with Gasteiger partial charge in [0.1, 0.15) is 0 Å². The molecule has 0 heterocycles. The highest BCUT2D eigenvalue weighted by Crippen LogP contribution is 2.27. The maximum atomic E-state index is 11.5. The van der Waals surface area contributed by atoms with E-state index in [0.717, 1.165) is 15.1 Å². The lowest BCUT2D eigenvalue weighted by molar-refractivity contribution is -0.120. The Morgan fingerprint density at radius 1 is 1.50 bits per heavy atom. The normalized spacial score (nSPS) is 12.2. The number of carbonyl (C=O) groups excluding carboxylic acids is 1. The third-order valence-electron chi connectivity index (χ3n) is 2.31. The minimum absolute atomic E-state index is 0.0372. The van der Waals surface area contributed by atoms with Crippen LogP contribution in [0.4, 0.5) is 0 Å². The van der Waals surface area contributed by atoms with E-state index in [9.17, 15) is 4.79 Å². The highest BCUT2D eigenvalue weighted by Gasteiger charge is 2.04. The van der Waals surface area contributed by atoms with E-state index in [-0.39, 0.29) is 12.0 Å². The zero-order valence-corrected chi connectivity index (χ0v) is 12.8. The SMILES string of the molecule is CC(O)CCNC(=O)CCSc1ccccc1Br. The number of carbonyl (C=O) groups is 1. The molecule has 0 aliphatic rings. The molecule has 0 aliphatic heterocycles. The zero-order chi connectivity index (χ0) is 13.4. The predicted octanol–water partition coefficient (Wildman–Crippen LogP) is 2.82. The number of amides is 1. The smallest absolute Gasteiger partial charge is 0.220 e. The Balaban J connectivity index is 2.18. The van der Waals surface area contributed by atoms with Gasteiger partial charge in [0.15, 0.2) is 0 Å². The van der Waals surface area contributed by atoms with Gasteiger partial charge in [0.25, 0.3) is 0 Å². The number of hydrogen-bond acceptors (Lipinski definition) is 3. The summed E-state index contributed by atoms with van der Waals surface area (Å²) in [4.78, 5) is 12.6. The Morgan fingerprint density at radius 2 is 2.22 bits per heavy atom. The fourth-order valence-electron chi connectivity index (χ4n) is 1.32. The van der Waals surface area contributed by atoms with Gasteiger partial charge in [-0.25, -0.2) is 0 Å². The summed E-state index contributed by atoms with van der Waals surface area (Å²) in [7, 11) is 0. The third-order valence-corrected chi connectivity index (χ3v) is 4.34. The lowest BCUT2D eigenvalue weighted by atomic mass is 10.3. The van der Waals surface area contributed by atoms with Gasteiger partial charge in [0.2, 0.25) is 5.91 Å². The highest BCUT2D eigenvalue weighted by atomic mass is 79.9. The summed E-state index contributed by atoms with van der Waals surface area (Å²) in [6, 6.07) is 7.97. The average molecular weight is 332 g/mol. The Hall–Kier alpha value is -0.520. The molecule has 1 unspecified atom stereocenters. The van der Waals surface area contributed by atoms with Crippen molar-refractivity contribution < 1.29 is 9.90 Å². The quantitative estimate of drug-likeness (QED) is 0.755. The van der Waals surface area contributed by atoms with Gasteiger partial charge in [-0.2, -0.15) is 0 Å². The molecule has 0 spiro atoms. The molecule has 0 saturated carbocycles. The molecule has 1 aromatic carbocycles. The average Bonchev–Trinajstić information content (AvgIpc) is 2.31. The first-order chi connectivity index (χ1) is 8.59. The number of halogens is 1. The van der Waals surface area contributed by atoms with Crippen molar-refractivity contribution in [3.05, 3.63) is 28.7 Å². The molecule has 0 radical (unpaired) electrons. The number of benzene rings is 1. The molecule has 3 nitrogen and oxygen atoms in total. The topological polar surface area (TPSA) is 49.3 Å². The standard InChI is InChI=1S/C13H18BrNO2S/c1-10(16)6-8-15-13(17)7-9-18-12-5-3-2-4-11(12)14/h2-5,10,16H,6-9H2,1H3,(H,15,17). The fourth-order valence-corrected chi connectivity index (χ4v) is 2.84. The van der Waals surface area contributed by atoms with Crippen LogP contribution in [0, 0.1) is 0 Å². The van der Waals surface area contributed by atoms with Crippen molar-refractivity contribution in [1.82, 2.24) is 5.32 Å². The fraction of sp³-hybridized carbons (Fsp3) is 0.462. The number of thioether (sulfide) groups is 1. The van der Waals surface area contributed by atoms with Crippen LogP contribution >= 0.6 is 27.7 Å². The summed E-state index contributed by atoms with van der Waals surface area (Å²) >= 11 is 5.13. The van der Waals surface area contributed by atoms with E-state index in [1.54, 1.807) is 18.7 Å². The maximum Gasteiger partial charge on any atom is 0.220 e. The number of aliphatic hydroxyl groups is 1. The van der Waals surface area contributed by atoms with Crippen LogP contribution < -0.4 is 5.32 Å². The lowest BCUT2D eigenvalue weighted by Gasteiger charge is -2.07. The Kier molecular flexibility index (Phi) is 7.39. The summed E-state index contributed by atoms with van der Waals surface area (Å²) in [5.41, 5.74) is 0. The summed E-state index contributed by atoms with van der Waals surface area (Å²) in [6.07, 6.45) is 0.731. The van der Waals surface area contributed by atoms with Crippen molar-refractivity contribution in [3.8, 4) is 0 Å². The Bertz CT molecular complexity index is 385. The minimum Gasteiger partial charge on any atom is -0.393 e. The van der Waals surface area contributed by atoms with Crippen molar-refractivity contribution in [3.63, 3.8) is 0 Å². The molecule has 1 rings (SSSR count). The van der Waals surface area contributed by atoms with Crippen molar-refractivity contribution in [2.75, 3.05) is 12.3 Å². The van der Waals surface area contributed by atoms with Crippen LogP contribution in [0.5, 0.6) is 0 Å². The van der Waals surface area contributed by atoms with E-state index in [1.807, 2.05) is 24.3 Å². The second kappa shape index (κ2) is 8.56. The van der Waals surface area contributed by atoms with E-state index in [4.69, 9.17) is 5.11 Å². The van der Waals surface area contributed by atoms with Gasteiger partial charge in [-0.15, -0.1) is 11.8 Å². The van der Waals surface area contributed by atoms with Gasteiger partial charge in [-0.1, -0.05) is 12.1 Å². The number of nitrogens with one attached hydrogen (secondary N) is 1. The molecule has 2 N–H and O–H groups in total. The molecule has 1 atom stereocenters. The van der Waals surface area contributed by atoms with Gasteiger partial charge < -0.3 is 10.4 Å². The van der Waals surface area contributed by atoms with Crippen LogP contribution in [-0.4, -0.2) is 29.4 Å². The van der Waals surface area contributed by atoms with Crippen LogP contribution in [-0.2, 0) is 4.79 Å². The summed E-state index contributed by atoms with van der Waals surface area (Å²) in [6.45, 7) is 2.26. The molecule has 5 heteroatoms. The second-order valence-corrected chi connectivity index (χ2v) is 6.01. The van der Waals surface area contributed by atoms with Crippen molar-refractivity contribution in [2.45, 2.75) is 30.8 Å². The van der Waals surface area contributed by atoms with Crippen LogP contribution in [0.25, 0.3) is 0 Å². The Labute approximate surface area is 120 Å². The third kappa shape index (κ3) is 6.42. The lowest BCUT2D eigenvalue weighted by Crippen LogP contribution is -2.26. The monoisotopic (exact) mass is 331 g/mol. The molecular formula is C13H18BrNO2S. The van der Waals surface area contributed by atoms with Gasteiger partial charge in [-0.05, 0) is 41.4 Å². The van der Waals surface area contributed by atoms with E-state index < -0.39 is 0 Å². The summed E-state index contributed by atoms with van der Waals surface area (Å²) in [5, 5.41) is 11.9. The summed E-state index contributed by atoms with van der Waals surface area (Å²) < 4.78 is 1.06. The summed E-state index contributed by atoms with van der Waals surface area (Å²) in [5.74, 6) is 0.790. The van der Waals surface area contributed by atoms with Crippen molar-refractivity contribution >= 4 is 33.6 Å². The minimum atomic E-state index is -0.361. The molecule has 0 bridgehead atoms. The van der Waals surface area contributed by atoms with Crippen LogP contribution in [0.15, 0.2) is 33.6 Å². The first-order valence-electron chi connectivity index (χ1n) is 5.91. The first-order valence-corrected chi connectivity index (χ1v) is 7.69. The maximum absolute atomic E-state index is 11.5. The van der Waals surface area contributed by atoms with Crippen molar-refractivity contribution in [2.24, 2.45) is 0 Å². The van der Waals surface area contributed by atoms with Crippen LogP contribution in [0.3, 0.4) is 0 Å². The van der Waals surface area contributed by atoms with Gasteiger partial charge >= 0.3 is 0 Å². The van der Waals surface area contributed by atoms with Crippen LogP contribution in [0.1, 0.15) is 19.8 Å². The highest BCUT2D eigenvalue weighted by molar-refractivity contribution is 9.10. The molecule has 0 saturated heterocycles. The van der Waals surface area contributed by atoms with Gasteiger partial charge in [0.05, 0.1) is 6.10 Å². The number of rotatable bonds is 7. The molecule has 1 aromatic rings. The molecule has 0 aliphatic carbocycles. The number of hydrogen-bond donors (Lipinski definition) is 2. The van der Waals surface area contributed by atoms with E-state index >= 15 is 0 Å². The van der Waals surface area contributed by atoms with E-state index in [2.05, 4.69) is 21.2 Å². The van der Waals surface area contributed by atoms with Gasteiger partial charge in [-0.3, -0.25) is 4.79 Å². The van der Waals surface area contributed by atoms with Gasteiger partial charge in [0, 0.05) is 28.1 Å². The second-order valence-electron chi connectivity index (χ2n) is 4.02. The van der Waals surface area contributed by atoms with E-state index in [1.165, 1.54) is 0 Å². The molecular weight excluding hydrogens is 314 g/mol. The molecule has 1 amide bonds. The van der Waals surface area contributed by atoms with Crippen LogP contribution in [0.2, 0.25) is 0 Å². The number of aliphatic hydroxyl groups excluding tert-OH is 1. The van der Waals surface area contributed by atoms with E-state index in [0.29, 0.717) is 19.4 Å². The molecule has 0 aromatic heterocycles.